The Hall–Kier alpha value is -2.15. The minimum atomic E-state index is -0.291. The number of hydrogen-bond donors (Lipinski definition) is 2. The molecule has 0 aliphatic rings. The molecule has 0 radical (unpaired) electrons. The Morgan fingerprint density at radius 2 is 1.92 bits per heavy atom. The van der Waals surface area contributed by atoms with E-state index in [-0.39, 0.29) is 29.9 Å². The highest BCUT2D eigenvalue weighted by molar-refractivity contribution is 5.86. The summed E-state index contributed by atoms with van der Waals surface area (Å²) in [6.45, 7) is 9.01. The van der Waals surface area contributed by atoms with E-state index in [1.807, 2.05) is 34.7 Å². The van der Waals surface area contributed by atoms with Crippen LogP contribution in [0.4, 0.5) is 4.39 Å². The molecule has 6 nitrogen and oxygen atoms in total. The highest BCUT2D eigenvalue weighted by atomic mass is 19.1. The molecule has 1 aromatic rings. The smallest absolute Gasteiger partial charge is 0.240 e. The minimum Gasteiger partial charge on any atom is -0.375 e. The van der Waals surface area contributed by atoms with Crippen molar-refractivity contribution in [3.63, 3.8) is 0 Å². The topological polar surface area (TPSA) is 66.0 Å². The number of carbonyl (C=O) groups excluding carboxylic acids is 1. The van der Waals surface area contributed by atoms with Crippen molar-refractivity contribution >= 4 is 11.9 Å². The minimum absolute atomic E-state index is 0.0765. The number of hydrogen-bond acceptors (Lipinski definition) is 3. The Bertz CT molecular complexity index is 597. The maximum Gasteiger partial charge on any atom is 0.240 e. The lowest BCUT2D eigenvalue weighted by Crippen LogP contribution is -2.48. The summed E-state index contributed by atoms with van der Waals surface area (Å²) in [6, 6.07) is 6.18. The Morgan fingerprint density at radius 1 is 1.31 bits per heavy atom. The van der Waals surface area contributed by atoms with E-state index in [4.69, 9.17) is 4.74 Å². The fourth-order valence-corrected chi connectivity index (χ4v) is 2.38. The highest BCUT2D eigenvalue weighted by Gasteiger charge is 2.17. The zero-order chi connectivity index (χ0) is 19.7. The van der Waals surface area contributed by atoms with E-state index < -0.39 is 0 Å². The Balaban J connectivity index is 2.79. The lowest BCUT2D eigenvalue weighted by Gasteiger charge is -2.25. The third kappa shape index (κ3) is 7.82. The molecular formula is C19H31FN4O2. The van der Waals surface area contributed by atoms with Gasteiger partial charge in [0.15, 0.2) is 5.96 Å². The summed E-state index contributed by atoms with van der Waals surface area (Å²) < 4.78 is 18.6. The van der Waals surface area contributed by atoms with Crippen molar-refractivity contribution in [2.24, 2.45) is 4.99 Å². The number of carbonyl (C=O) groups is 1. The number of guanidine groups is 1. The second kappa shape index (κ2) is 10.1. The van der Waals surface area contributed by atoms with E-state index >= 15 is 0 Å². The third-order valence-corrected chi connectivity index (χ3v) is 3.52. The van der Waals surface area contributed by atoms with E-state index in [1.54, 1.807) is 24.1 Å². The van der Waals surface area contributed by atoms with Gasteiger partial charge in [-0.25, -0.2) is 4.39 Å². The normalized spacial score (nSPS) is 13.3. The molecule has 1 unspecified atom stereocenters. The molecule has 0 heterocycles. The van der Waals surface area contributed by atoms with Crippen LogP contribution in [0, 0.1) is 5.82 Å². The van der Waals surface area contributed by atoms with Crippen LogP contribution < -0.4 is 10.6 Å². The summed E-state index contributed by atoms with van der Waals surface area (Å²) in [7, 11) is 3.40. The van der Waals surface area contributed by atoms with Crippen LogP contribution >= 0.6 is 0 Å². The van der Waals surface area contributed by atoms with E-state index in [1.165, 1.54) is 12.1 Å². The molecule has 1 aromatic carbocycles. The summed E-state index contributed by atoms with van der Waals surface area (Å²) in [4.78, 5) is 18.5. The second-order valence-corrected chi connectivity index (χ2v) is 7.12. The summed E-state index contributed by atoms with van der Waals surface area (Å²) in [6.07, 6.45) is -0.291. The van der Waals surface area contributed by atoms with Gasteiger partial charge in [0.2, 0.25) is 5.91 Å². The fraction of sp³-hybridized carbons (Fsp3) is 0.579. The SMILES string of the molecule is CCNC(=NCC(OC)c1ccc(F)cc1)N(C)CC(=O)NC(C)(C)C. The van der Waals surface area contributed by atoms with Crippen molar-refractivity contribution in [3.8, 4) is 0 Å². The van der Waals surface area contributed by atoms with Crippen molar-refractivity contribution in [2.75, 3.05) is 33.8 Å². The molecule has 1 rings (SSSR count). The third-order valence-electron chi connectivity index (χ3n) is 3.52. The van der Waals surface area contributed by atoms with Crippen molar-refractivity contribution in [1.29, 1.82) is 0 Å². The van der Waals surface area contributed by atoms with E-state index in [0.717, 1.165) is 5.56 Å². The number of likely N-dealkylation sites (N-methyl/N-ethyl adjacent to an activating group) is 1. The Labute approximate surface area is 155 Å². The first-order valence-corrected chi connectivity index (χ1v) is 8.75. The van der Waals surface area contributed by atoms with Gasteiger partial charge in [0, 0.05) is 26.2 Å². The van der Waals surface area contributed by atoms with Crippen molar-refractivity contribution < 1.29 is 13.9 Å². The van der Waals surface area contributed by atoms with Crippen LogP contribution in [0.2, 0.25) is 0 Å². The summed E-state index contributed by atoms with van der Waals surface area (Å²) in [5.74, 6) is 0.248. The molecule has 146 valence electrons. The maximum absolute atomic E-state index is 13.1. The quantitative estimate of drug-likeness (QED) is 0.574. The number of halogens is 1. The van der Waals surface area contributed by atoms with E-state index in [2.05, 4.69) is 15.6 Å². The highest BCUT2D eigenvalue weighted by Crippen LogP contribution is 2.17. The summed E-state index contributed by atoms with van der Waals surface area (Å²) in [5, 5.41) is 6.10. The summed E-state index contributed by atoms with van der Waals surface area (Å²) >= 11 is 0. The number of methoxy groups -OCH3 is 1. The number of nitrogens with one attached hydrogen (secondary N) is 2. The molecule has 0 spiro atoms. The first kappa shape index (κ1) is 21.9. The molecule has 0 bridgehead atoms. The maximum atomic E-state index is 13.1. The predicted octanol–water partition coefficient (Wildman–Crippen LogP) is 2.33. The van der Waals surface area contributed by atoms with Gasteiger partial charge in [0.05, 0.1) is 13.1 Å². The standard InChI is InChI=1S/C19H31FN4O2/c1-7-21-18(24(5)13-17(25)23-19(2,3)4)22-12-16(26-6)14-8-10-15(20)11-9-14/h8-11,16H,7,12-13H2,1-6H3,(H,21,22)(H,23,25). The van der Waals surface area contributed by atoms with Gasteiger partial charge in [-0.1, -0.05) is 12.1 Å². The van der Waals surface area contributed by atoms with Gasteiger partial charge in [0.1, 0.15) is 11.9 Å². The van der Waals surface area contributed by atoms with Crippen molar-refractivity contribution in [1.82, 2.24) is 15.5 Å². The van der Waals surface area contributed by atoms with Crippen LogP contribution in [-0.2, 0) is 9.53 Å². The van der Waals surface area contributed by atoms with Crippen LogP contribution in [0.3, 0.4) is 0 Å². The molecule has 0 saturated heterocycles. The number of aliphatic imine (C=N–C) groups is 1. The molecule has 2 N–H and O–H groups in total. The van der Waals surface area contributed by atoms with Gasteiger partial charge in [0.25, 0.3) is 0 Å². The lowest BCUT2D eigenvalue weighted by atomic mass is 10.1. The first-order valence-electron chi connectivity index (χ1n) is 8.75. The van der Waals surface area contributed by atoms with Gasteiger partial charge in [-0.2, -0.15) is 0 Å². The lowest BCUT2D eigenvalue weighted by molar-refractivity contribution is -0.122. The molecule has 0 aliphatic carbocycles. The number of ether oxygens (including phenoxy) is 1. The average molecular weight is 366 g/mol. The number of amides is 1. The molecule has 0 fully saturated rings. The van der Waals surface area contributed by atoms with Crippen LogP contribution in [0.15, 0.2) is 29.3 Å². The number of nitrogens with zero attached hydrogens (tertiary/aromatic N) is 2. The number of benzene rings is 1. The van der Waals surface area contributed by atoms with Gasteiger partial charge in [-0.3, -0.25) is 9.79 Å². The van der Waals surface area contributed by atoms with Gasteiger partial charge >= 0.3 is 0 Å². The molecule has 7 heteroatoms. The van der Waals surface area contributed by atoms with Gasteiger partial charge < -0.3 is 20.3 Å². The zero-order valence-corrected chi connectivity index (χ0v) is 16.6. The summed E-state index contributed by atoms with van der Waals surface area (Å²) in [5.41, 5.74) is 0.568. The largest absolute Gasteiger partial charge is 0.375 e. The van der Waals surface area contributed by atoms with Gasteiger partial charge in [-0.15, -0.1) is 0 Å². The molecule has 0 aromatic heterocycles. The van der Waals surface area contributed by atoms with Crippen LogP contribution in [-0.4, -0.2) is 56.1 Å². The molecule has 1 amide bonds. The van der Waals surface area contributed by atoms with Crippen molar-refractivity contribution in [2.45, 2.75) is 39.3 Å². The van der Waals surface area contributed by atoms with Gasteiger partial charge in [-0.05, 0) is 45.4 Å². The van der Waals surface area contributed by atoms with Crippen LogP contribution in [0.25, 0.3) is 0 Å². The molecule has 1 atom stereocenters. The molecule has 0 saturated carbocycles. The van der Waals surface area contributed by atoms with Crippen molar-refractivity contribution in [3.05, 3.63) is 35.6 Å². The average Bonchev–Trinajstić information content (AvgIpc) is 2.53. The first-order chi connectivity index (χ1) is 12.2. The monoisotopic (exact) mass is 366 g/mol. The van der Waals surface area contributed by atoms with Crippen LogP contribution in [0.5, 0.6) is 0 Å². The molecular weight excluding hydrogens is 335 g/mol. The fourth-order valence-electron chi connectivity index (χ4n) is 2.38. The molecule has 26 heavy (non-hydrogen) atoms. The van der Waals surface area contributed by atoms with E-state index in [0.29, 0.717) is 19.0 Å². The second-order valence-electron chi connectivity index (χ2n) is 7.12. The van der Waals surface area contributed by atoms with E-state index in [9.17, 15) is 9.18 Å². The Kier molecular flexibility index (Phi) is 8.51. The zero-order valence-electron chi connectivity index (χ0n) is 16.6. The van der Waals surface area contributed by atoms with Crippen LogP contribution in [0.1, 0.15) is 39.4 Å². The molecule has 0 aliphatic heterocycles. The number of rotatable bonds is 7. The predicted molar refractivity (Wildman–Crippen MR) is 103 cm³/mol. The Morgan fingerprint density at radius 3 is 2.42 bits per heavy atom.